The number of quaternary nitrogens is 1. The molecule has 0 aliphatic heterocycles. The predicted octanol–water partition coefficient (Wildman–Crippen LogP) is 2.28. The van der Waals surface area contributed by atoms with Crippen molar-refractivity contribution in [3.8, 4) is 0 Å². The van der Waals surface area contributed by atoms with Crippen molar-refractivity contribution in [2.75, 3.05) is 7.11 Å². The van der Waals surface area contributed by atoms with Gasteiger partial charge in [-0.15, -0.1) is 0 Å². The lowest BCUT2D eigenvalue weighted by Crippen LogP contribution is -2.95. The maximum Gasteiger partial charge on any atom is 0.339 e. The van der Waals surface area contributed by atoms with Gasteiger partial charge in [0, 0.05) is 5.69 Å². The SMILES string of the molecule is COC(=O)c1c(C)[nH]c(C(=O)[C@@H](C)[NH2+]C2CCCCCC2)c1C. The molecule has 0 saturated heterocycles. The van der Waals surface area contributed by atoms with E-state index in [9.17, 15) is 9.59 Å². The minimum Gasteiger partial charge on any atom is -0.465 e. The van der Waals surface area contributed by atoms with Gasteiger partial charge in [0.15, 0.2) is 0 Å². The van der Waals surface area contributed by atoms with Crippen LogP contribution < -0.4 is 5.32 Å². The third-order valence-corrected chi connectivity index (χ3v) is 4.95. The van der Waals surface area contributed by atoms with Crippen LogP contribution in [0, 0.1) is 13.8 Å². The lowest BCUT2D eigenvalue weighted by Gasteiger charge is -2.17. The van der Waals surface area contributed by atoms with Crippen LogP contribution >= 0.6 is 0 Å². The summed E-state index contributed by atoms with van der Waals surface area (Å²) < 4.78 is 4.81. The van der Waals surface area contributed by atoms with Crippen molar-refractivity contribution < 1.29 is 19.6 Å². The summed E-state index contributed by atoms with van der Waals surface area (Å²) in [5.74, 6) is -0.333. The zero-order chi connectivity index (χ0) is 17.0. The predicted molar refractivity (Wildman–Crippen MR) is 88.8 cm³/mol. The number of rotatable bonds is 5. The van der Waals surface area contributed by atoms with Crippen LogP contribution in [0.25, 0.3) is 0 Å². The first-order valence-corrected chi connectivity index (χ1v) is 8.62. The van der Waals surface area contributed by atoms with Crippen molar-refractivity contribution in [3.05, 3.63) is 22.5 Å². The van der Waals surface area contributed by atoms with Gasteiger partial charge in [0.2, 0.25) is 5.78 Å². The Bertz CT molecular complexity index is 569. The molecule has 0 bridgehead atoms. The lowest BCUT2D eigenvalue weighted by atomic mass is 10.0. The van der Waals surface area contributed by atoms with Crippen LogP contribution in [0.2, 0.25) is 0 Å². The molecule has 1 aliphatic rings. The van der Waals surface area contributed by atoms with E-state index in [4.69, 9.17) is 4.74 Å². The van der Waals surface area contributed by atoms with Gasteiger partial charge < -0.3 is 15.0 Å². The van der Waals surface area contributed by atoms with Crippen LogP contribution in [0.1, 0.15) is 77.6 Å². The molecule has 2 rings (SSSR count). The average molecular weight is 321 g/mol. The van der Waals surface area contributed by atoms with Gasteiger partial charge in [0.05, 0.1) is 24.4 Å². The number of methoxy groups -OCH3 is 1. The number of ether oxygens (including phenoxy) is 1. The van der Waals surface area contributed by atoms with Crippen molar-refractivity contribution >= 4 is 11.8 Å². The van der Waals surface area contributed by atoms with Crippen molar-refractivity contribution in [2.45, 2.75) is 71.4 Å². The van der Waals surface area contributed by atoms with E-state index in [2.05, 4.69) is 10.3 Å². The van der Waals surface area contributed by atoms with Gasteiger partial charge in [-0.05, 0) is 52.0 Å². The molecule has 1 heterocycles. The largest absolute Gasteiger partial charge is 0.465 e. The third-order valence-electron chi connectivity index (χ3n) is 4.95. The number of esters is 1. The highest BCUT2D eigenvalue weighted by atomic mass is 16.5. The second kappa shape index (κ2) is 7.77. The lowest BCUT2D eigenvalue weighted by molar-refractivity contribution is -0.706. The van der Waals surface area contributed by atoms with E-state index in [0.29, 0.717) is 28.6 Å². The summed E-state index contributed by atoms with van der Waals surface area (Å²) in [5.41, 5.74) is 2.41. The molecule has 1 fully saturated rings. The molecule has 1 aliphatic carbocycles. The average Bonchev–Trinajstić information content (AvgIpc) is 2.71. The minimum atomic E-state index is -0.393. The zero-order valence-electron chi connectivity index (χ0n) is 14.7. The summed E-state index contributed by atoms with van der Waals surface area (Å²) in [6.45, 7) is 5.57. The maximum absolute atomic E-state index is 12.8. The van der Waals surface area contributed by atoms with Crippen molar-refractivity contribution in [1.29, 1.82) is 0 Å². The number of Topliss-reactive ketones (excluding diaryl/α,β-unsaturated/α-hetero) is 1. The van der Waals surface area contributed by atoms with E-state index in [0.717, 1.165) is 0 Å². The first-order valence-electron chi connectivity index (χ1n) is 8.62. The fourth-order valence-corrected chi connectivity index (χ4v) is 3.63. The van der Waals surface area contributed by atoms with Gasteiger partial charge in [-0.2, -0.15) is 0 Å². The monoisotopic (exact) mass is 321 g/mol. The summed E-state index contributed by atoms with van der Waals surface area (Å²) in [7, 11) is 1.36. The fourth-order valence-electron chi connectivity index (χ4n) is 3.63. The number of ketones is 1. The molecule has 1 aromatic heterocycles. The molecule has 1 aromatic rings. The molecule has 1 atom stereocenters. The molecular weight excluding hydrogens is 292 g/mol. The number of hydrogen-bond acceptors (Lipinski definition) is 3. The number of aromatic amines is 1. The van der Waals surface area contributed by atoms with Gasteiger partial charge in [-0.1, -0.05) is 12.8 Å². The molecule has 1 saturated carbocycles. The van der Waals surface area contributed by atoms with E-state index in [1.807, 2.05) is 6.92 Å². The number of carbonyl (C=O) groups is 2. The minimum absolute atomic E-state index is 0.0602. The highest BCUT2D eigenvalue weighted by Crippen LogP contribution is 2.20. The number of nitrogens with one attached hydrogen (secondary N) is 1. The Kier molecular flexibility index (Phi) is 5.99. The summed E-state index contributed by atoms with van der Waals surface area (Å²) in [4.78, 5) is 27.7. The molecule has 128 valence electrons. The Morgan fingerprint density at radius 3 is 2.35 bits per heavy atom. The zero-order valence-corrected chi connectivity index (χ0v) is 14.7. The normalized spacial score (nSPS) is 17.6. The molecule has 0 aromatic carbocycles. The molecule has 0 amide bonds. The fraction of sp³-hybridized carbons (Fsp3) is 0.667. The standard InChI is InChI=1S/C18H28N2O3/c1-11-15(18(22)23-4)12(2)20-16(11)17(21)13(3)19-14-9-7-5-6-8-10-14/h13-14,19-20H,5-10H2,1-4H3/p+1/t13-/m1/s1. The molecule has 0 spiro atoms. The number of H-pyrrole nitrogens is 1. The smallest absolute Gasteiger partial charge is 0.339 e. The Labute approximate surface area is 138 Å². The van der Waals surface area contributed by atoms with E-state index >= 15 is 0 Å². The highest BCUT2D eigenvalue weighted by molar-refractivity contribution is 6.03. The molecule has 23 heavy (non-hydrogen) atoms. The van der Waals surface area contributed by atoms with Gasteiger partial charge >= 0.3 is 5.97 Å². The van der Waals surface area contributed by atoms with Crippen LogP contribution in [0.3, 0.4) is 0 Å². The van der Waals surface area contributed by atoms with E-state index in [-0.39, 0.29) is 11.8 Å². The topological polar surface area (TPSA) is 75.8 Å². The summed E-state index contributed by atoms with van der Waals surface area (Å²) in [6, 6.07) is 0.397. The number of aryl methyl sites for hydroxylation is 1. The Morgan fingerprint density at radius 1 is 1.17 bits per heavy atom. The van der Waals surface area contributed by atoms with Crippen molar-refractivity contribution in [1.82, 2.24) is 4.98 Å². The van der Waals surface area contributed by atoms with Crippen LogP contribution in [0.4, 0.5) is 0 Å². The number of nitrogens with two attached hydrogens (primary N) is 1. The highest BCUT2D eigenvalue weighted by Gasteiger charge is 2.29. The van der Waals surface area contributed by atoms with Crippen molar-refractivity contribution in [3.63, 3.8) is 0 Å². The van der Waals surface area contributed by atoms with E-state index in [1.54, 1.807) is 13.8 Å². The molecule has 0 radical (unpaired) electrons. The number of carbonyl (C=O) groups excluding carboxylic acids is 2. The number of aromatic nitrogens is 1. The molecule has 5 heteroatoms. The first kappa shape index (κ1) is 17.7. The Hall–Kier alpha value is -1.62. The summed E-state index contributed by atoms with van der Waals surface area (Å²) >= 11 is 0. The third kappa shape index (κ3) is 4.02. The molecule has 0 unspecified atom stereocenters. The van der Waals surface area contributed by atoms with Gasteiger partial charge in [0.1, 0.15) is 6.04 Å². The quantitative estimate of drug-likeness (QED) is 0.496. The van der Waals surface area contributed by atoms with Crippen LogP contribution in [-0.4, -0.2) is 35.9 Å². The number of hydrogen-bond donors (Lipinski definition) is 2. The maximum atomic E-state index is 12.8. The van der Waals surface area contributed by atoms with Gasteiger partial charge in [-0.25, -0.2) is 4.79 Å². The van der Waals surface area contributed by atoms with Gasteiger partial charge in [-0.3, -0.25) is 4.79 Å². The Balaban J connectivity index is 2.11. The summed E-state index contributed by atoms with van der Waals surface area (Å²) in [6.07, 6.45) is 7.51. The second-order valence-electron chi connectivity index (χ2n) is 6.71. The molecule has 5 nitrogen and oxygen atoms in total. The van der Waals surface area contributed by atoms with E-state index < -0.39 is 5.97 Å². The van der Waals surface area contributed by atoms with Crippen LogP contribution in [0.5, 0.6) is 0 Å². The van der Waals surface area contributed by atoms with Crippen molar-refractivity contribution in [2.24, 2.45) is 0 Å². The second-order valence-corrected chi connectivity index (χ2v) is 6.71. The van der Waals surface area contributed by atoms with E-state index in [1.165, 1.54) is 45.6 Å². The molecular formula is C18H29N2O3+. The van der Waals surface area contributed by atoms with Crippen LogP contribution in [0.15, 0.2) is 0 Å². The summed E-state index contributed by atoms with van der Waals surface area (Å²) in [5, 5.41) is 2.21. The molecule has 3 N–H and O–H groups in total. The first-order chi connectivity index (χ1) is 11.0. The Morgan fingerprint density at radius 2 is 1.78 bits per heavy atom. The van der Waals surface area contributed by atoms with Crippen LogP contribution in [-0.2, 0) is 4.74 Å². The van der Waals surface area contributed by atoms with Gasteiger partial charge in [0.25, 0.3) is 0 Å².